The molecule has 4 heteroatoms. The summed E-state index contributed by atoms with van der Waals surface area (Å²) in [5.74, 6) is -0.0936. The average molecular weight is 270 g/mol. The molecule has 3 nitrogen and oxygen atoms in total. The smallest absolute Gasteiger partial charge is 0.229 e. The number of carbonyl (C=O) groups is 1. The maximum atomic E-state index is 12.0. The van der Waals surface area contributed by atoms with Crippen LogP contribution in [0.25, 0.3) is 0 Å². The van der Waals surface area contributed by atoms with E-state index in [0.29, 0.717) is 17.0 Å². The zero-order valence-corrected chi connectivity index (χ0v) is 11.7. The molecule has 0 saturated heterocycles. The van der Waals surface area contributed by atoms with Crippen LogP contribution in [0, 0.1) is 25.2 Å². The van der Waals surface area contributed by atoms with Gasteiger partial charge in [0.15, 0.2) is 0 Å². The summed E-state index contributed by atoms with van der Waals surface area (Å²) in [5.41, 5.74) is 2.48. The van der Waals surface area contributed by atoms with E-state index in [1.807, 2.05) is 44.2 Å². The van der Waals surface area contributed by atoms with Gasteiger partial charge in [0.25, 0.3) is 0 Å². The normalized spacial score (nSPS) is 9.95. The minimum Gasteiger partial charge on any atom is -0.316 e. The van der Waals surface area contributed by atoms with Gasteiger partial charge in [-0.3, -0.25) is 4.79 Å². The molecule has 0 bridgehead atoms. The Labute approximate surface area is 116 Å². The van der Waals surface area contributed by atoms with Crippen LogP contribution in [0.5, 0.6) is 0 Å². The Morgan fingerprint density at radius 2 is 2.00 bits per heavy atom. The van der Waals surface area contributed by atoms with E-state index in [1.54, 1.807) is 0 Å². The fourth-order valence-electron chi connectivity index (χ4n) is 1.80. The van der Waals surface area contributed by atoms with Gasteiger partial charge < -0.3 is 5.32 Å². The SMILES string of the molecule is Cc1sc(NC(=O)Cc2ccccc2)c(C#N)c1C. The molecule has 0 radical (unpaired) electrons. The molecule has 1 amide bonds. The highest BCUT2D eigenvalue weighted by Gasteiger charge is 2.14. The third-order valence-corrected chi connectivity index (χ3v) is 4.08. The third kappa shape index (κ3) is 3.01. The van der Waals surface area contributed by atoms with E-state index in [0.717, 1.165) is 16.0 Å². The molecule has 2 aromatic rings. The number of rotatable bonds is 3. The summed E-state index contributed by atoms with van der Waals surface area (Å²) in [6.07, 6.45) is 0.321. The summed E-state index contributed by atoms with van der Waals surface area (Å²) in [6.45, 7) is 3.85. The number of amides is 1. The lowest BCUT2D eigenvalue weighted by atomic mass is 10.1. The number of hydrogen-bond donors (Lipinski definition) is 1. The molecule has 0 aliphatic rings. The van der Waals surface area contributed by atoms with Crippen molar-refractivity contribution in [1.29, 1.82) is 5.26 Å². The summed E-state index contributed by atoms with van der Waals surface area (Å²) >= 11 is 1.45. The van der Waals surface area contributed by atoms with Gasteiger partial charge in [-0.05, 0) is 25.0 Å². The third-order valence-electron chi connectivity index (χ3n) is 2.96. The van der Waals surface area contributed by atoms with Gasteiger partial charge in [-0.1, -0.05) is 30.3 Å². The van der Waals surface area contributed by atoms with Gasteiger partial charge in [0.05, 0.1) is 12.0 Å². The van der Waals surface area contributed by atoms with Crippen molar-refractivity contribution in [3.05, 3.63) is 51.9 Å². The Bertz CT molecular complexity index is 638. The summed E-state index contributed by atoms with van der Waals surface area (Å²) in [5, 5.41) is 12.6. The molecule has 1 aromatic carbocycles. The predicted molar refractivity (Wildman–Crippen MR) is 77.3 cm³/mol. The second-order valence-electron chi connectivity index (χ2n) is 4.31. The first kappa shape index (κ1) is 13.3. The Hall–Kier alpha value is -2.12. The fraction of sp³-hybridized carbons (Fsp3) is 0.200. The molecule has 96 valence electrons. The number of nitrogens with zero attached hydrogens (tertiary/aromatic N) is 1. The van der Waals surface area contributed by atoms with Crippen LogP contribution in [0.1, 0.15) is 21.6 Å². The molecular weight excluding hydrogens is 256 g/mol. The fourth-order valence-corrected chi connectivity index (χ4v) is 2.83. The molecule has 0 aliphatic carbocycles. The highest BCUT2D eigenvalue weighted by molar-refractivity contribution is 7.16. The second kappa shape index (κ2) is 5.68. The van der Waals surface area contributed by atoms with Crippen LogP contribution in [0.3, 0.4) is 0 Å². The van der Waals surface area contributed by atoms with E-state index in [-0.39, 0.29) is 5.91 Å². The summed E-state index contributed by atoms with van der Waals surface area (Å²) in [7, 11) is 0. The van der Waals surface area contributed by atoms with E-state index in [4.69, 9.17) is 5.26 Å². The summed E-state index contributed by atoms with van der Waals surface area (Å²) in [4.78, 5) is 13.0. The Morgan fingerprint density at radius 3 is 2.63 bits per heavy atom. The minimum absolute atomic E-state index is 0.0936. The van der Waals surface area contributed by atoms with Gasteiger partial charge in [0, 0.05) is 4.88 Å². The first-order valence-electron chi connectivity index (χ1n) is 5.95. The van der Waals surface area contributed by atoms with Crippen molar-refractivity contribution in [2.75, 3.05) is 5.32 Å². The number of carbonyl (C=O) groups excluding carboxylic acids is 1. The monoisotopic (exact) mass is 270 g/mol. The molecule has 0 unspecified atom stereocenters. The average Bonchev–Trinajstić information content (AvgIpc) is 2.65. The molecule has 1 N–H and O–H groups in total. The van der Waals surface area contributed by atoms with Crippen LogP contribution >= 0.6 is 11.3 Å². The first-order chi connectivity index (χ1) is 9.11. The topological polar surface area (TPSA) is 52.9 Å². The molecule has 0 atom stereocenters. The van der Waals surface area contributed by atoms with Gasteiger partial charge >= 0.3 is 0 Å². The molecule has 0 saturated carbocycles. The second-order valence-corrected chi connectivity index (χ2v) is 5.53. The number of thiophene rings is 1. The zero-order chi connectivity index (χ0) is 13.8. The number of anilines is 1. The molecule has 19 heavy (non-hydrogen) atoms. The van der Waals surface area contributed by atoms with Crippen molar-refractivity contribution in [2.24, 2.45) is 0 Å². The summed E-state index contributed by atoms with van der Waals surface area (Å²) < 4.78 is 0. The van der Waals surface area contributed by atoms with Crippen LogP contribution in [-0.4, -0.2) is 5.91 Å². The van der Waals surface area contributed by atoms with Crippen molar-refractivity contribution in [3.8, 4) is 6.07 Å². The zero-order valence-electron chi connectivity index (χ0n) is 10.9. The van der Waals surface area contributed by atoms with Crippen molar-refractivity contribution in [1.82, 2.24) is 0 Å². The lowest BCUT2D eigenvalue weighted by Gasteiger charge is -2.03. The highest BCUT2D eigenvalue weighted by atomic mass is 32.1. The number of hydrogen-bond acceptors (Lipinski definition) is 3. The number of nitrogens with one attached hydrogen (secondary N) is 1. The van der Waals surface area contributed by atoms with E-state index in [9.17, 15) is 4.79 Å². The van der Waals surface area contributed by atoms with Gasteiger partial charge in [0.2, 0.25) is 5.91 Å². The lowest BCUT2D eigenvalue weighted by Crippen LogP contribution is -2.14. The van der Waals surface area contributed by atoms with Crippen LogP contribution in [0.2, 0.25) is 0 Å². The van der Waals surface area contributed by atoms with E-state index in [1.165, 1.54) is 11.3 Å². The lowest BCUT2D eigenvalue weighted by molar-refractivity contribution is -0.115. The highest BCUT2D eigenvalue weighted by Crippen LogP contribution is 2.31. The van der Waals surface area contributed by atoms with Crippen molar-refractivity contribution in [2.45, 2.75) is 20.3 Å². The quantitative estimate of drug-likeness (QED) is 0.929. The number of aryl methyl sites for hydroxylation is 1. The van der Waals surface area contributed by atoms with Crippen LogP contribution in [0.15, 0.2) is 30.3 Å². The molecule has 0 spiro atoms. The maximum Gasteiger partial charge on any atom is 0.229 e. The first-order valence-corrected chi connectivity index (χ1v) is 6.77. The molecule has 0 fully saturated rings. The van der Waals surface area contributed by atoms with Crippen LogP contribution in [0.4, 0.5) is 5.00 Å². The Balaban J connectivity index is 2.12. The minimum atomic E-state index is -0.0936. The number of nitriles is 1. The molecular formula is C15H14N2OS. The van der Waals surface area contributed by atoms with E-state index >= 15 is 0 Å². The van der Waals surface area contributed by atoms with Gasteiger partial charge in [-0.2, -0.15) is 5.26 Å². The van der Waals surface area contributed by atoms with Crippen molar-refractivity contribution in [3.63, 3.8) is 0 Å². The Kier molecular flexibility index (Phi) is 3.98. The number of benzene rings is 1. The predicted octanol–water partition coefficient (Wildman–Crippen LogP) is 3.42. The molecule has 0 aliphatic heterocycles. The maximum absolute atomic E-state index is 12.0. The molecule has 1 heterocycles. The summed E-state index contributed by atoms with van der Waals surface area (Å²) in [6, 6.07) is 11.7. The van der Waals surface area contributed by atoms with Crippen molar-refractivity contribution < 1.29 is 4.79 Å². The van der Waals surface area contributed by atoms with Crippen LogP contribution in [-0.2, 0) is 11.2 Å². The Morgan fingerprint density at radius 1 is 1.32 bits per heavy atom. The van der Waals surface area contributed by atoms with Crippen LogP contribution < -0.4 is 5.32 Å². The van der Waals surface area contributed by atoms with E-state index < -0.39 is 0 Å². The van der Waals surface area contributed by atoms with Gasteiger partial charge in [0.1, 0.15) is 11.1 Å². The molecule has 2 rings (SSSR count). The standard InChI is InChI=1S/C15H14N2OS/c1-10-11(2)19-15(13(10)9-16)17-14(18)8-12-6-4-3-5-7-12/h3-7H,8H2,1-2H3,(H,17,18). The van der Waals surface area contributed by atoms with Gasteiger partial charge in [-0.25, -0.2) is 0 Å². The van der Waals surface area contributed by atoms with Gasteiger partial charge in [-0.15, -0.1) is 11.3 Å². The largest absolute Gasteiger partial charge is 0.316 e. The van der Waals surface area contributed by atoms with E-state index in [2.05, 4.69) is 11.4 Å². The molecule has 1 aromatic heterocycles. The van der Waals surface area contributed by atoms with Crippen molar-refractivity contribution >= 4 is 22.2 Å².